The van der Waals surface area contributed by atoms with Crippen molar-refractivity contribution in [3.63, 3.8) is 0 Å². The van der Waals surface area contributed by atoms with Gasteiger partial charge in [-0.15, -0.1) is 0 Å². The summed E-state index contributed by atoms with van der Waals surface area (Å²) in [5, 5.41) is 0. The monoisotopic (exact) mass is 323 g/mol. The highest BCUT2D eigenvalue weighted by Gasteiger charge is 2.06. The first-order chi connectivity index (χ1) is 9.15. The van der Waals surface area contributed by atoms with Gasteiger partial charge in [0.05, 0.1) is 25.2 Å². The van der Waals surface area contributed by atoms with Gasteiger partial charge in [-0.25, -0.2) is 0 Å². The third kappa shape index (κ3) is 2.98. The van der Waals surface area contributed by atoms with Gasteiger partial charge in [0.15, 0.2) is 11.5 Å². The van der Waals surface area contributed by atoms with Crippen LogP contribution in [0.15, 0.2) is 45.8 Å². The first-order valence-corrected chi connectivity index (χ1v) is 6.51. The molecule has 0 atom stereocenters. The van der Waals surface area contributed by atoms with Crippen molar-refractivity contribution in [3.8, 4) is 11.5 Å². The normalized spacial score (nSPS) is 10.3. The molecule has 19 heavy (non-hydrogen) atoms. The number of nitrogens with zero attached hydrogens (tertiary/aromatic N) is 1. The highest BCUT2D eigenvalue weighted by atomic mass is 79.9. The van der Waals surface area contributed by atoms with E-state index in [9.17, 15) is 4.79 Å². The summed E-state index contributed by atoms with van der Waals surface area (Å²) >= 11 is 3.23. The molecule has 0 radical (unpaired) electrons. The summed E-state index contributed by atoms with van der Waals surface area (Å²) in [5.74, 6) is 1.33. The number of pyridine rings is 1. The van der Waals surface area contributed by atoms with Crippen molar-refractivity contribution in [2.45, 2.75) is 6.54 Å². The molecule has 1 aromatic heterocycles. The van der Waals surface area contributed by atoms with E-state index in [1.807, 2.05) is 24.3 Å². The molecule has 0 aliphatic rings. The Morgan fingerprint density at radius 3 is 2.58 bits per heavy atom. The van der Waals surface area contributed by atoms with E-state index in [2.05, 4.69) is 15.9 Å². The fourth-order valence-electron chi connectivity index (χ4n) is 1.81. The second kappa shape index (κ2) is 5.93. The summed E-state index contributed by atoms with van der Waals surface area (Å²) in [6.45, 7) is 0.485. The van der Waals surface area contributed by atoms with Crippen LogP contribution in [-0.4, -0.2) is 18.8 Å². The fraction of sp³-hybridized carbons (Fsp3) is 0.214. The van der Waals surface area contributed by atoms with Crippen molar-refractivity contribution in [3.05, 3.63) is 56.9 Å². The molecule has 1 aromatic carbocycles. The summed E-state index contributed by atoms with van der Waals surface area (Å²) in [7, 11) is 3.18. The molecule has 0 aliphatic carbocycles. The fourth-order valence-corrected chi connectivity index (χ4v) is 2.19. The minimum atomic E-state index is -0.0581. The maximum Gasteiger partial charge on any atom is 0.265 e. The van der Waals surface area contributed by atoms with Gasteiger partial charge in [0.25, 0.3) is 5.56 Å². The zero-order valence-electron chi connectivity index (χ0n) is 10.7. The number of benzene rings is 1. The van der Waals surface area contributed by atoms with E-state index < -0.39 is 0 Å². The minimum Gasteiger partial charge on any atom is -0.493 e. The van der Waals surface area contributed by atoms with Crippen LogP contribution >= 0.6 is 15.9 Å². The Bertz CT molecular complexity index is 637. The molecule has 2 aromatic rings. The molecule has 100 valence electrons. The van der Waals surface area contributed by atoms with Gasteiger partial charge in [0.2, 0.25) is 0 Å². The third-order valence-electron chi connectivity index (χ3n) is 2.77. The number of methoxy groups -OCH3 is 2. The Balaban J connectivity index is 2.33. The van der Waals surface area contributed by atoms with Crippen molar-refractivity contribution in [2.24, 2.45) is 0 Å². The van der Waals surface area contributed by atoms with Crippen LogP contribution in [0.1, 0.15) is 5.56 Å². The van der Waals surface area contributed by atoms with Crippen LogP contribution < -0.4 is 15.0 Å². The zero-order chi connectivity index (χ0) is 13.8. The van der Waals surface area contributed by atoms with E-state index in [0.29, 0.717) is 22.5 Å². The molecule has 1 heterocycles. The Kier molecular flexibility index (Phi) is 4.27. The largest absolute Gasteiger partial charge is 0.493 e. The van der Waals surface area contributed by atoms with Crippen LogP contribution in [0.5, 0.6) is 11.5 Å². The van der Waals surface area contributed by atoms with Crippen LogP contribution in [0.25, 0.3) is 0 Å². The van der Waals surface area contributed by atoms with Gasteiger partial charge in [-0.05, 0) is 45.8 Å². The summed E-state index contributed by atoms with van der Waals surface area (Å²) in [5.41, 5.74) is 0.912. The maximum atomic E-state index is 11.9. The van der Waals surface area contributed by atoms with E-state index in [1.165, 1.54) is 0 Å². The summed E-state index contributed by atoms with van der Waals surface area (Å²) in [4.78, 5) is 11.9. The third-order valence-corrected chi connectivity index (χ3v) is 3.38. The number of hydrogen-bond donors (Lipinski definition) is 0. The van der Waals surface area contributed by atoms with E-state index in [1.54, 1.807) is 31.0 Å². The van der Waals surface area contributed by atoms with Crippen molar-refractivity contribution >= 4 is 15.9 Å². The molecule has 0 bridgehead atoms. The van der Waals surface area contributed by atoms with E-state index >= 15 is 0 Å². The predicted molar refractivity (Wildman–Crippen MR) is 77.1 cm³/mol. The molecular formula is C14H14BrNO3. The molecule has 0 N–H and O–H groups in total. The molecule has 5 heteroatoms. The first-order valence-electron chi connectivity index (χ1n) is 5.71. The molecule has 4 nitrogen and oxygen atoms in total. The van der Waals surface area contributed by atoms with Crippen LogP contribution in [0.3, 0.4) is 0 Å². The molecule has 0 saturated heterocycles. The van der Waals surface area contributed by atoms with Crippen molar-refractivity contribution in [1.82, 2.24) is 4.57 Å². The van der Waals surface area contributed by atoms with Crippen LogP contribution in [0, 0.1) is 0 Å². The molecular weight excluding hydrogens is 310 g/mol. The molecule has 0 unspecified atom stereocenters. The number of halogens is 1. The average Bonchev–Trinajstić information content (AvgIpc) is 2.43. The lowest BCUT2D eigenvalue weighted by atomic mass is 10.2. The number of ether oxygens (including phenoxy) is 2. The molecule has 2 rings (SSSR count). The Morgan fingerprint density at radius 2 is 1.89 bits per heavy atom. The number of rotatable bonds is 4. The number of aromatic nitrogens is 1. The lowest BCUT2D eigenvalue weighted by Crippen LogP contribution is -2.20. The van der Waals surface area contributed by atoms with Crippen LogP contribution in [-0.2, 0) is 6.54 Å². The van der Waals surface area contributed by atoms with Crippen LogP contribution in [0.2, 0.25) is 0 Å². The molecule has 0 aliphatic heterocycles. The SMILES string of the molecule is COc1ccc(Cn2cccc(Br)c2=O)cc1OC. The maximum absolute atomic E-state index is 11.9. The quantitative estimate of drug-likeness (QED) is 0.868. The zero-order valence-corrected chi connectivity index (χ0v) is 12.3. The van der Waals surface area contributed by atoms with Crippen molar-refractivity contribution in [2.75, 3.05) is 14.2 Å². The van der Waals surface area contributed by atoms with Crippen molar-refractivity contribution in [1.29, 1.82) is 0 Å². The minimum absolute atomic E-state index is 0.0581. The Morgan fingerprint density at radius 1 is 1.16 bits per heavy atom. The molecule has 0 fully saturated rings. The summed E-state index contributed by atoms with van der Waals surface area (Å²) in [6.07, 6.45) is 1.75. The Labute approximate surface area is 119 Å². The van der Waals surface area contributed by atoms with Gasteiger partial charge in [0.1, 0.15) is 0 Å². The second-order valence-corrected chi connectivity index (χ2v) is 4.83. The summed E-state index contributed by atoms with van der Waals surface area (Å²) in [6, 6.07) is 9.16. The van der Waals surface area contributed by atoms with Gasteiger partial charge in [-0.2, -0.15) is 0 Å². The van der Waals surface area contributed by atoms with Gasteiger partial charge in [-0.1, -0.05) is 6.07 Å². The highest BCUT2D eigenvalue weighted by molar-refractivity contribution is 9.10. The Hall–Kier alpha value is -1.75. The van der Waals surface area contributed by atoms with Gasteiger partial charge in [0, 0.05) is 6.20 Å². The van der Waals surface area contributed by atoms with Gasteiger partial charge >= 0.3 is 0 Å². The smallest absolute Gasteiger partial charge is 0.265 e. The van der Waals surface area contributed by atoms with E-state index in [4.69, 9.17) is 9.47 Å². The first kappa shape index (κ1) is 13.7. The van der Waals surface area contributed by atoms with E-state index in [-0.39, 0.29) is 5.56 Å². The average molecular weight is 324 g/mol. The second-order valence-electron chi connectivity index (χ2n) is 3.98. The summed E-state index contributed by atoms with van der Waals surface area (Å²) < 4.78 is 12.6. The predicted octanol–water partition coefficient (Wildman–Crippen LogP) is 2.68. The molecule has 0 spiro atoms. The lowest BCUT2D eigenvalue weighted by Gasteiger charge is -2.11. The van der Waals surface area contributed by atoms with Crippen molar-refractivity contribution < 1.29 is 9.47 Å². The molecule has 0 saturated carbocycles. The van der Waals surface area contributed by atoms with Gasteiger partial charge in [-0.3, -0.25) is 4.79 Å². The topological polar surface area (TPSA) is 40.5 Å². The van der Waals surface area contributed by atoms with E-state index in [0.717, 1.165) is 5.56 Å². The number of hydrogen-bond acceptors (Lipinski definition) is 3. The lowest BCUT2D eigenvalue weighted by molar-refractivity contribution is 0.354. The molecule has 0 amide bonds. The van der Waals surface area contributed by atoms with Crippen LogP contribution in [0.4, 0.5) is 0 Å². The highest BCUT2D eigenvalue weighted by Crippen LogP contribution is 2.27. The van der Waals surface area contributed by atoms with Gasteiger partial charge < -0.3 is 14.0 Å². The standard InChI is InChI=1S/C14H14BrNO3/c1-18-12-6-5-10(8-13(12)19-2)9-16-7-3-4-11(15)14(16)17/h3-8H,9H2,1-2H3.